The summed E-state index contributed by atoms with van der Waals surface area (Å²) in [6.07, 6.45) is 0.951. The van der Waals surface area contributed by atoms with Crippen molar-refractivity contribution in [3.8, 4) is 0 Å². The molecule has 2 aromatic rings. The number of nitrogens with zero attached hydrogens (tertiary/aromatic N) is 4. The fourth-order valence-corrected chi connectivity index (χ4v) is 2.33. The lowest BCUT2D eigenvalue weighted by Crippen LogP contribution is -2.47. The maximum absolute atomic E-state index is 10.4. The van der Waals surface area contributed by atoms with Gasteiger partial charge in [0.15, 0.2) is 17.7 Å². The van der Waals surface area contributed by atoms with Crippen LogP contribution in [-0.2, 0) is 9.47 Å². The average Bonchev–Trinajstić information content (AvgIpc) is 3.02. The van der Waals surface area contributed by atoms with E-state index in [1.165, 1.54) is 19.8 Å². The minimum absolute atomic E-state index is 0.0616. The maximum Gasteiger partial charge on any atom is 0.167 e. The minimum Gasteiger partial charge on any atom is -0.393 e. The van der Waals surface area contributed by atoms with Crippen molar-refractivity contribution in [3.05, 3.63) is 12.7 Å². The summed E-state index contributed by atoms with van der Waals surface area (Å²) in [5.41, 5.74) is 5.44. The van der Waals surface area contributed by atoms with Gasteiger partial charge in [-0.05, 0) is 0 Å². The molecule has 108 valence electrons. The number of hydrogen-bond donors (Lipinski definition) is 3. The van der Waals surface area contributed by atoms with Gasteiger partial charge in [0.2, 0.25) is 0 Å². The second-order valence-electron chi connectivity index (χ2n) is 4.66. The predicted molar refractivity (Wildman–Crippen MR) is 67.6 cm³/mol. The fourth-order valence-electron chi connectivity index (χ4n) is 2.33. The molecule has 0 aliphatic carbocycles. The Morgan fingerprint density at radius 2 is 2.35 bits per heavy atom. The molecule has 0 unspecified atom stereocenters. The minimum atomic E-state index is -1.15. The fraction of sp³-hybridized carbons (Fsp3) is 0.545. The first-order valence-corrected chi connectivity index (χ1v) is 6.01. The Kier molecular flexibility index (Phi) is 3.05. The smallest absolute Gasteiger partial charge is 0.167 e. The first-order chi connectivity index (χ1) is 9.63. The van der Waals surface area contributed by atoms with Crippen LogP contribution in [0.1, 0.15) is 6.23 Å². The highest BCUT2D eigenvalue weighted by molar-refractivity contribution is 5.81. The van der Waals surface area contributed by atoms with Crippen molar-refractivity contribution in [2.24, 2.45) is 0 Å². The van der Waals surface area contributed by atoms with Gasteiger partial charge >= 0.3 is 0 Å². The molecule has 0 bridgehead atoms. The summed E-state index contributed by atoms with van der Waals surface area (Å²) in [5.74, 6) is 0.251. The number of hydrogen-bond acceptors (Lipinski definition) is 8. The van der Waals surface area contributed by atoms with Crippen molar-refractivity contribution >= 4 is 17.0 Å². The summed E-state index contributed by atoms with van der Waals surface area (Å²) in [6.45, 7) is -0.295. The van der Waals surface area contributed by atoms with E-state index in [-0.39, 0.29) is 19.0 Å². The van der Waals surface area contributed by atoms with Crippen LogP contribution in [0.25, 0.3) is 11.2 Å². The summed E-state index contributed by atoms with van der Waals surface area (Å²) >= 11 is 0. The number of methoxy groups -OCH3 is 1. The largest absolute Gasteiger partial charge is 0.393 e. The Labute approximate surface area is 114 Å². The second-order valence-corrected chi connectivity index (χ2v) is 4.66. The zero-order chi connectivity index (χ0) is 14.3. The van der Waals surface area contributed by atoms with Crippen LogP contribution in [0.2, 0.25) is 0 Å². The second kappa shape index (κ2) is 4.63. The zero-order valence-electron chi connectivity index (χ0n) is 10.8. The molecule has 3 atom stereocenters. The van der Waals surface area contributed by atoms with Gasteiger partial charge in [-0.15, -0.1) is 0 Å². The van der Waals surface area contributed by atoms with Gasteiger partial charge < -0.3 is 25.4 Å². The van der Waals surface area contributed by atoms with Gasteiger partial charge in [0.25, 0.3) is 0 Å². The molecule has 3 rings (SSSR count). The van der Waals surface area contributed by atoms with Crippen LogP contribution in [0.5, 0.6) is 0 Å². The molecule has 0 radical (unpaired) electrons. The molecule has 1 aliphatic rings. The first kappa shape index (κ1) is 13.2. The highest BCUT2D eigenvalue weighted by Gasteiger charge is 2.50. The van der Waals surface area contributed by atoms with Crippen molar-refractivity contribution in [1.82, 2.24) is 19.5 Å². The molecule has 2 aromatic heterocycles. The molecular weight excluding hydrogens is 266 g/mol. The molecule has 0 amide bonds. The average molecular weight is 281 g/mol. The summed E-state index contributed by atoms with van der Waals surface area (Å²) in [6, 6.07) is 0. The molecule has 3 heterocycles. The molecule has 4 N–H and O–H groups in total. The van der Waals surface area contributed by atoms with Crippen LogP contribution in [-0.4, -0.2) is 61.8 Å². The Morgan fingerprint density at radius 3 is 3.00 bits per heavy atom. The topological polar surface area (TPSA) is 129 Å². The number of nitrogens with two attached hydrogens (primary N) is 1. The van der Waals surface area contributed by atoms with Crippen molar-refractivity contribution in [2.75, 3.05) is 26.1 Å². The Hall–Kier alpha value is -1.81. The molecular formula is C11H15N5O4. The highest BCUT2D eigenvalue weighted by Crippen LogP contribution is 2.35. The van der Waals surface area contributed by atoms with Gasteiger partial charge in [-0.2, -0.15) is 0 Å². The molecule has 0 saturated carbocycles. The molecule has 9 heteroatoms. The highest BCUT2D eigenvalue weighted by atomic mass is 16.6. The van der Waals surface area contributed by atoms with E-state index in [1.54, 1.807) is 4.57 Å². The third-order valence-electron chi connectivity index (χ3n) is 3.64. The number of aliphatic hydroxyl groups excluding tert-OH is 2. The SMILES string of the molecule is CO[C@@]1(CO)CO[C@@H](n2cnc3c(N)ncnc32)[C@@H]1O. The van der Waals surface area contributed by atoms with Crippen LogP contribution >= 0.6 is 0 Å². The normalized spacial score (nSPS) is 30.1. The lowest BCUT2D eigenvalue weighted by atomic mass is 10.00. The van der Waals surface area contributed by atoms with Crippen LogP contribution < -0.4 is 5.73 Å². The van der Waals surface area contributed by atoms with E-state index in [0.29, 0.717) is 11.2 Å². The van der Waals surface area contributed by atoms with Crippen LogP contribution in [0.4, 0.5) is 5.82 Å². The molecule has 20 heavy (non-hydrogen) atoms. The van der Waals surface area contributed by atoms with Crippen LogP contribution in [0.15, 0.2) is 12.7 Å². The lowest BCUT2D eigenvalue weighted by Gasteiger charge is -2.28. The molecule has 0 aromatic carbocycles. The molecule has 1 aliphatic heterocycles. The van der Waals surface area contributed by atoms with Crippen molar-refractivity contribution in [1.29, 1.82) is 0 Å². The Morgan fingerprint density at radius 1 is 1.55 bits per heavy atom. The van der Waals surface area contributed by atoms with E-state index in [1.807, 2.05) is 0 Å². The van der Waals surface area contributed by atoms with Crippen LogP contribution in [0.3, 0.4) is 0 Å². The monoisotopic (exact) mass is 281 g/mol. The summed E-state index contributed by atoms with van der Waals surface area (Å²) in [4.78, 5) is 12.1. The van der Waals surface area contributed by atoms with Gasteiger partial charge in [0.1, 0.15) is 23.5 Å². The summed E-state index contributed by atoms with van der Waals surface area (Å²) < 4.78 is 12.3. The van der Waals surface area contributed by atoms with E-state index in [9.17, 15) is 10.2 Å². The van der Waals surface area contributed by atoms with Crippen LogP contribution in [0, 0.1) is 0 Å². The van der Waals surface area contributed by atoms with E-state index in [0.717, 1.165) is 0 Å². The molecule has 1 saturated heterocycles. The third-order valence-corrected chi connectivity index (χ3v) is 3.64. The van der Waals surface area contributed by atoms with Gasteiger partial charge in [-0.25, -0.2) is 15.0 Å². The maximum atomic E-state index is 10.4. The number of aromatic nitrogens is 4. The lowest BCUT2D eigenvalue weighted by molar-refractivity contribution is -0.112. The van der Waals surface area contributed by atoms with Gasteiger partial charge in [-0.1, -0.05) is 0 Å². The number of aliphatic hydroxyl groups is 2. The molecule has 1 fully saturated rings. The number of ether oxygens (including phenoxy) is 2. The number of imidazole rings is 1. The molecule has 9 nitrogen and oxygen atoms in total. The number of fused-ring (bicyclic) bond motifs is 1. The third kappa shape index (κ3) is 1.68. The van der Waals surface area contributed by atoms with E-state index < -0.39 is 17.9 Å². The van der Waals surface area contributed by atoms with E-state index in [2.05, 4.69) is 15.0 Å². The number of anilines is 1. The Bertz CT molecular complexity index is 626. The summed E-state index contributed by atoms with van der Waals surface area (Å²) in [5, 5.41) is 19.8. The quantitative estimate of drug-likeness (QED) is 0.631. The predicted octanol–water partition coefficient (Wildman–Crippen LogP) is -1.32. The Balaban J connectivity index is 2.03. The van der Waals surface area contributed by atoms with Crippen molar-refractivity contribution in [3.63, 3.8) is 0 Å². The number of rotatable bonds is 3. The van der Waals surface area contributed by atoms with E-state index in [4.69, 9.17) is 15.2 Å². The number of nitrogen functional groups attached to an aromatic ring is 1. The zero-order valence-corrected chi connectivity index (χ0v) is 10.8. The molecule has 0 spiro atoms. The van der Waals surface area contributed by atoms with E-state index >= 15 is 0 Å². The first-order valence-electron chi connectivity index (χ1n) is 6.01. The van der Waals surface area contributed by atoms with Gasteiger partial charge in [-0.3, -0.25) is 4.57 Å². The van der Waals surface area contributed by atoms with Gasteiger partial charge in [0.05, 0.1) is 19.5 Å². The van der Waals surface area contributed by atoms with Crippen molar-refractivity contribution in [2.45, 2.75) is 17.9 Å². The summed E-state index contributed by atoms with van der Waals surface area (Å²) in [7, 11) is 1.41. The standard InChI is InChI=1S/C11H15N5O4/c1-19-11(2-17)3-20-10(7(11)18)16-5-15-6-8(12)13-4-14-9(6)16/h4-5,7,10,17-18H,2-3H2,1H3,(H2,12,13,14)/t7-,10+,11-/m0/s1. The van der Waals surface area contributed by atoms with Crippen molar-refractivity contribution < 1.29 is 19.7 Å². The van der Waals surface area contributed by atoms with Gasteiger partial charge in [0, 0.05) is 7.11 Å².